The van der Waals surface area contributed by atoms with Crippen molar-refractivity contribution < 1.29 is 9.21 Å². The van der Waals surface area contributed by atoms with Gasteiger partial charge in [0.25, 0.3) is 5.89 Å². The number of benzene rings is 1. The van der Waals surface area contributed by atoms with Crippen molar-refractivity contribution in [3.8, 4) is 10.8 Å². The number of halogens is 1. The lowest BCUT2D eigenvalue weighted by Gasteiger charge is -2.36. The number of anilines is 1. The molecule has 1 amide bonds. The third-order valence-electron chi connectivity index (χ3n) is 4.43. The second-order valence-corrected chi connectivity index (χ2v) is 7.54. The molecule has 0 aliphatic carbocycles. The molecule has 0 N–H and O–H groups in total. The van der Waals surface area contributed by atoms with Crippen molar-refractivity contribution >= 4 is 34.5 Å². The van der Waals surface area contributed by atoms with E-state index in [1.54, 1.807) is 4.90 Å². The molecule has 1 aliphatic heterocycles. The number of nitrogens with zero attached hydrogens (tertiary/aromatic N) is 4. The Morgan fingerprint density at radius 1 is 1.19 bits per heavy atom. The summed E-state index contributed by atoms with van der Waals surface area (Å²) in [5.74, 6) is -0.522. The van der Waals surface area contributed by atoms with Crippen LogP contribution in [-0.4, -0.2) is 46.8 Å². The highest BCUT2D eigenvalue weighted by atomic mass is 35.5. The van der Waals surface area contributed by atoms with E-state index < -0.39 is 5.76 Å². The molecule has 0 atom stereocenters. The van der Waals surface area contributed by atoms with E-state index in [1.807, 2.05) is 41.8 Å². The summed E-state index contributed by atoms with van der Waals surface area (Å²) in [6.45, 7) is 2.46. The van der Waals surface area contributed by atoms with Gasteiger partial charge in [0.15, 0.2) is 0 Å². The molecule has 1 aliphatic rings. The molecule has 0 saturated carbocycles. The van der Waals surface area contributed by atoms with Gasteiger partial charge in [-0.25, -0.2) is 4.79 Å². The molecule has 9 heteroatoms. The average molecular weight is 405 g/mol. The van der Waals surface area contributed by atoms with Crippen molar-refractivity contribution in [3.05, 3.63) is 57.4 Å². The zero-order valence-electron chi connectivity index (χ0n) is 14.4. The number of piperazine rings is 1. The van der Waals surface area contributed by atoms with E-state index in [0.717, 1.165) is 15.2 Å². The van der Waals surface area contributed by atoms with E-state index in [1.165, 1.54) is 11.3 Å². The van der Waals surface area contributed by atoms with Crippen LogP contribution >= 0.6 is 22.9 Å². The highest BCUT2D eigenvalue weighted by Crippen LogP contribution is 2.22. The number of amides is 1. The summed E-state index contributed by atoms with van der Waals surface area (Å²) in [6, 6.07) is 11.3. The number of carbonyl (C=O) groups is 1. The largest absolute Gasteiger partial charge is 0.437 e. The highest BCUT2D eigenvalue weighted by Gasteiger charge is 2.23. The van der Waals surface area contributed by atoms with E-state index in [2.05, 4.69) is 10.00 Å². The van der Waals surface area contributed by atoms with E-state index in [4.69, 9.17) is 16.0 Å². The molecular weight excluding hydrogens is 388 g/mol. The maximum atomic E-state index is 12.6. The Morgan fingerprint density at radius 2 is 2.00 bits per heavy atom. The topological polar surface area (TPSA) is 71.6 Å². The van der Waals surface area contributed by atoms with Crippen LogP contribution in [0.5, 0.6) is 0 Å². The Labute approximate surface area is 164 Å². The Bertz CT molecular complexity index is 990. The summed E-state index contributed by atoms with van der Waals surface area (Å²) < 4.78 is 6.23. The summed E-state index contributed by atoms with van der Waals surface area (Å²) in [7, 11) is 0. The van der Waals surface area contributed by atoms with Gasteiger partial charge in [-0.15, -0.1) is 16.4 Å². The third-order valence-corrected chi connectivity index (χ3v) is 5.52. The van der Waals surface area contributed by atoms with Crippen LogP contribution in [-0.2, 0) is 11.3 Å². The predicted octanol–water partition coefficient (Wildman–Crippen LogP) is 2.57. The molecule has 1 fully saturated rings. The normalized spacial score (nSPS) is 14.6. The van der Waals surface area contributed by atoms with Crippen molar-refractivity contribution in [1.29, 1.82) is 0 Å². The van der Waals surface area contributed by atoms with Gasteiger partial charge in [-0.1, -0.05) is 23.7 Å². The lowest BCUT2D eigenvalue weighted by atomic mass is 10.2. The zero-order chi connectivity index (χ0) is 18.8. The van der Waals surface area contributed by atoms with Crippen molar-refractivity contribution in [3.63, 3.8) is 0 Å². The lowest BCUT2D eigenvalue weighted by molar-refractivity contribution is -0.132. The molecule has 3 heterocycles. The second kappa shape index (κ2) is 7.58. The van der Waals surface area contributed by atoms with Crippen LogP contribution in [0.25, 0.3) is 10.8 Å². The van der Waals surface area contributed by atoms with Gasteiger partial charge < -0.3 is 14.2 Å². The summed E-state index contributed by atoms with van der Waals surface area (Å²) in [5, 5.41) is 6.70. The molecule has 27 heavy (non-hydrogen) atoms. The van der Waals surface area contributed by atoms with Crippen molar-refractivity contribution in [2.45, 2.75) is 6.54 Å². The Kier molecular flexibility index (Phi) is 5.00. The fourth-order valence-corrected chi connectivity index (χ4v) is 3.85. The number of hydrogen-bond donors (Lipinski definition) is 0. The molecule has 3 aromatic rings. The maximum Gasteiger partial charge on any atom is 0.437 e. The minimum atomic E-state index is -0.621. The minimum absolute atomic E-state index is 0.120. The highest BCUT2D eigenvalue weighted by molar-refractivity contribution is 7.13. The number of hydrogen-bond acceptors (Lipinski definition) is 6. The molecule has 140 valence electrons. The predicted molar refractivity (Wildman–Crippen MR) is 104 cm³/mol. The summed E-state index contributed by atoms with van der Waals surface area (Å²) in [5.41, 5.74) is 1.04. The summed E-state index contributed by atoms with van der Waals surface area (Å²) in [4.78, 5) is 29.2. The first-order valence-corrected chi connectivity index (χ1v) is 9.76. The van der Waals surface area contributed by atoms with Crippen LogP contribution in [0.4, 0.5) is 5.69 Å². The monoisotopic (exact) mass is 404 g/mol. The summed E-state index contributed by atoms with van der Waals surface area (Å²) in [6.07, 6.45) is 0. The van der Waals surface area contributed by atoms with Crippen molar-refractivity contribution in [2.24, 2.45) is 0 Å². The number of rotatable bonds is 4. The molecule has 0 radical (unpaired) electrons. The molecule has 7 nitrogen and oxygen atoms in total. The van der Waals surface area contributed by atoms with Crippen molar-refractivity contribution in [2.75, 3.05) is 31.1 Å². The van der Waals surface area contributed by atoms with Crippen LogP contribution in [0, 0.1) is 0 Å². The molecule has 1 saturated heterocycles. The molecular formula is C18H17ClN4O3S. The third kappa shape index (κ3) is 3.91. The quantitative estimate of drug-likeness (QED) is 0.668. The zero-order valence-corrected chi connectivity index (χ0v) is 15.9. The fourth-order valence-electron chi connectivity index (χ4n) is 3.02. The minimum Gasteiger partial charge on any atom is -0.387 e. The van der Waals surface area contributed by atoms with Gasteiger partial charge in [0.05, 0.1) is 4.88 Å². The first-order chi connectivity index (χ1) is 13.1. The SMILES string of the molecule is O=C(Cn1nc(-c2cccs2)oc1=O)N1CCN(c2cccc(Cl)c2)CC1. The maximum absolute atomic E-state index is 12.6. The van der Waals surface area contributed by atoms with Gasteiger partial charge in [-0.05, 0) is 29.6 Å². The second-order valence-electron chi connectivity index (χ2n) is 6.16. The standard InChI is InChI=1S/C18H17ClN4O3S/c19-13-3-1-4-14(11-13)21-6-8-22(9-7-21)16(24)12-23-18(25)26-17(20-23)15-5-2-10-27-15/h1-5,10-11H,6-9,12H2. The fraction of sp³-hybridized carbons (Fsp3) is 0.278. The number of aromatic nitrogens is 2. The van der Waals surface area contributed by atoms with E-state index in [9.17, 15) is 9.59 Å². The van der Waals surface area contributed by atoms with Crippen LogP contribution in [0.3, 0.4) is 0 Å². The molecule has 2 aromatic heterocycles. The van der Waals surface area contributed by atoms with Gasteiger partial charge >= 0.3 is 5.76 Å². The number of thiophene rings is 1. The molecule has 0 bridgehead atoms. The van der Waals surface area contributed by atoms with Gasteiger partial charge in [0, 0.05) is 36.9 Å². The van der Waals surface area contributed by atoms with Gasteiger partial charge in [0.2, 0.25) is 5.91 Å². The summed E-state index contributed by atoms with van der Waals surface area (Å²) >= 11 is 7.47. The van der Waals surface area contributed by atoms with Crippen molar-refractivity contribution in [1.82, 2.24) is 14.7 Å². The Balaban J connectivity index is 1.38. The van der Waals surface area contributed by atoms with Gasteiger partial charge in [-0.3, -0.25) is 4.79 Å². The van der Waals surface area contributed by atoms with Gasteiger partial charge in [0.1, 0.15) is 6.54 Å². The van der Waals surface area contributed by atoms with Crippen LogP contribution < -0.4 is 10.7 Å². The molecule has 0 spiro atoms. The first kappa shape index (κ1) is 17.8. The molecule has 1 aromatic carbocycles. The van der Waals surface area contributed by atoms with E-state index >= 15 is 0 Å². The average Bonchev–Trinajstić information content (AvgIpc) is 3.32. The number of carbonyl (C=O) groups excluding carboxylic acids is 1. The lowest BCUT2D eigenvalue weighted by Crippen LogP contribution is -2.50. The van der Waals surface area contributed by atoms with E-state index in [-0.39, 0.29) is 18.3 Å². The smallest absolute Gasteiger partial charge is 0.387 e. The van der Waals surface area contributed by atoms with Crippen LogP contribution in [0.15, 0.2) is 51.0 Å². The Hall–Kier alpha value is -2.58. The molecule has 4 rings (SSSR count). The van der Waals surface area contributed by atoms with E-state index in [0.29, 0.717) is 31.2 Å². The van der Waals surface area contributed by atoms with Gasteiger partial charge in [-0.2, -0.15) is 4.68 Å². The van der Waals surface area contributed by atoms with Crippen LogP contribution in [0.2, 0.25) is 5.02 Å². The van der Waals surface area contributed by atoms with Crippen LogP contribution in [0.1, 0.15) is 0 Å². The first-order valence-electron chi connectivity index (χ1n) is 8.50. The Morgan fingerprint density at radius 3 is 2.70 bits per heavy atom. The molecule has 0 unspecified atom stereocenters.